The normalized spacial score (nSPS) is 31.7. The van der Waals surface area contributed by atoms with Crippen molar-refractivity contribution in [2.45, 2.75) is 31.4 Å². The number of methoxy groups -OCH3 is 1. The number of aliphatic imine (C=N–C) groups is 1. The Morgan fingerprint density at radius 3 is 2.90 bits per heavy atom. The zero-order valence-corrected chi connectivity index (χ0v) is 6.86. The third kappa shape index (κ3) is 1.87. The first kappa shape index (κ1) is 7.86. The van der Waals surface area contributed by atoms with Crippen molar-refractivity contribution in [2.24, 2.45) is 4.99 Å². The van der Waals surface area contributed by atoms with Gasteiger partial charge in [-0.1, -0.05) is 0 Å². The van der Waals surface area contributed by atoms with Crippen LogP contribution in [0.3, 0.4) is 0 Å². The number of hydrogen-bond acceptors (Lipinski definition) is 3. The molecule has 0 aromatic carbocycles. The number of rotatable bonds is 2. The minimum Gasteiger partial charge on any atom is -0.381 e. The molecule has 0 aromatic heterocycles. The Kier molecular flexibility index (Phi) is 3.00. The first-order valence-electron chi connectivity index (χ1n) is 3.46. The first-order chi connectivity index (χ1) is 4.86. The van der Waals surface area contributed by atoms with Crippen molar-refractivity contribution >= 4 is 17.4 Å². The molecular weight excluding hydrogens is 146 g/mol. The Balaban J connectivity index is 2.35. The number of thiocarbonyl (C=S) groups is 1. The SMILES string of the molecule is COC1CCC(N=C=S)C1. The van der Waals surface area contributed by atoms with Crippen molar-refractivity contribution in [1.29, 1.82) is 0 Å². The van der Waals surface area contributed by atoms with E-state index >= 15 is 0 Å². The van der Waals surface area contributed by atoms with Crippen LogP contribution in [0.4, 0.5) is 0 Å². The first-order valence-corrected chi connectivity index (χ1v) is 3.87. The highest BCUT2D eigenvalue weighted by Gasteiger charge is 2.23. The van der Waals surface area contributed by atoms with Crippen molar-refractivity contribution in [3.05, 3.63) is 0 Å². The molecule has 2 unspecified atom stereocenters. The van der Waals surface area contributed by atoms with E-state index in [0.717, 1.165) is 19.3 Å². The summed E-state index contributed by atoms with van der Waals surface area (Å²) in [5, 5.41) is 2.41. The highest BCUT2D eigenvalue weighted by atomic mass is 32.1. The van der Waals surface area contributed by atoms with Gasteiger partial charge in [0.25, 0.3) is 0 Å². The van der Waals surface area contributed by atoms with Crippen LogP contribution in [0.5, 0.6) is 0 Å². The topological polar surface area (TPSA) is 21.6 Å². The molecule has 0 amide bonds. The lowest BCUT2D eigenvalue weighted by Gasteiger charge is -2.04. The second-order valence-corrected chi connectivity index (χ2v) is 2.73. The Morgan fingerprint density at radius 2 is 2.40 bits per heavy atom. The lowest BCUT2D eigenvalue weighted by molar-refractivity contribution is 0.108. The zero-order valence-electron chi connectivity index (χ0n) is 6.04. The van der Waals surface area contributed by atoms with E-state index in [9.17, 15) is 0 Å². The predicted molar refractivity (Wildman–Crippen MR) is 43.5 cm³/mol. The fourth-order valence-electron chi connectivity index (χ4n) is 1.32. The molecule has 0 saturated heterocycles. The maximum absolute atomic E-state index is 5.17. The van der Waals surface area contributed by atoms with Gasteiger partial charge in [-0.25, -0.2) is 4.99 Å². The Labute approximate surface area is 66.3 Å². The van der Waals surface area contributed by atoms with Gasteiger partial charge in [-0.2, -0.15) is 0 Å². The van der Waals surface area contributed by atoms with E-state index < -0.39 is 0 Å². The molecule has 0 bridgehead atoms. The summed E-state index contributed by atoms with van der Waals surface area (Å²) in [5.41, 5.74) is 0. The molecule has 1 saturated carbocycles. The zero-order chi connectivity index (χ0) is 7.40. The van der Waals surface area contributed by atoms with Gasteiger partial charge >= 0.3 is 0 Å². The summed E-state index contributed by atoms with van der Waals surface area (Å²) in [4.78, 5) is 4.01. The van der Waals surface area contributed by atoms with Crippen molar-refractivity contribution in [1.82, 2.24) is 0 Å². The van der Waals surface area contributed by atoms with Crippen LogP contribution in [0.25, 0.3) is 0 Å². The van der Waals surface area contributed by atoms with Gasteiger partial charge in [0.15, 0.2) is 0 Å². The van der Waals surface area contributed by atoms with E-state index in [-0.39, 0.29) is 0 Å². The average Bonchev–Trinajstić information content (AvgIpc) is 2.37. The summed E-state index contributed by atoms with van der Waals surface area (Å²) in [6.45, 7) is 0. The fourth-order valence-corrected chi connectivity index (χ4v) is 1.47. The lowest BCUT2D eigenvalue weighted by Crippen LogP contribution is -2.05. The van der Waals surface area contributed by atoms with Crippen LogP contribution < -0.4 is 0 Å². The van der Waals surface area contributed by atoms with Crippen LogP contribution >= 0.6 is 12.2 Å². The molecule has 0 aromatic rings. The van der Waals surface area contributed by atoms with E-state index in [1.165, 1.54) is 0 Å². The summed E-state index contributed by atoms with van der Waals surface area (Å²) in [6, 6.07) is 0.377. The molecule has 0 radical (unpaired) electrons. The van der Waals surface area contributed by atoms with Crippen LogP contribution in [-0.2, 0) is 4.74 Å². The molecule has 1 rings (SSSR count). The maximum Gasteiger partial charge on any atom is 0.0628 e. The predicted octanol–water partition coefficient (Wildman–Crippen LogP) is 1.66. The molecule has 0 spiro atoms. The molecule has 1 fully saturated rings. The Bertz CT molecular complexity index is 154. The summed E-state index contributed by atoms with van der Waals surface area (Å²) in [7, 11) is 1.74. The molecule has 10 heavy (non-hydrogen) atoms. The molecule has 0 N–H and O–H groups in total. The molecule has 1 aliphatic carbocycles. The van der Waals surface area contributed by atoms with Crippen LogP contribution in [0.1, 0.15) is 19.3 Å². The van der Waals surface area contributed by atoms with Crippen molar-refractivity contribution in [2.75, 3.05) is 7.11 Å². The van der Waals surface area contributed by atoms with E-state index in [1.807, 2.05) is 0 Å². The van der Waals surface area contributed by atoms with Crippen LogP contribution in [0, 0.1) is 0 Å². The molecule has 2 atom stereocenters. The smallest absolute Gasteiger partial charge is 0.0628 e. The minimum absolute atomic E-state index is 0.377. The third-order valence-corrected chi connectivity index (χ3v) is 2.03. The van der Waals surface area contributed by atoms with E-state index in [0.29, 0.717) is 12.1 Å². The molecular formula is C7H11NOS. The second-order valence-electron chi connectivity index (χ2n) is 2.54. The number of isothiocyanates is 1. The summed E-state index contributed by atoms with van der Waals surface area (Å²) >= 11 is 4.51. The van der Waals surface area contributed by atoms with Gasteiger partial charge in [0.1, 0.15) is 0 Å². The third-order valence-electron chi connectivity index (χ3n) is 1.93. The molecule has 56 valence electrons. The van der Waals surface area contributed by atoms with E-state index in [1.54, 1.807) is 7.11 Å². The quantitative estimate of drug-likeness (QED) is 0.449. The van der Waals surface area contributed by atoms with E-state index in [4.69, 9.17) is 4.74 Å². The fraction of sp³-hybridized carbons (Fsp3) is 0.857. The summed E-state index contributed by atoms with van der Waals surface area (Å²) in [6.07, 6.45) is 3.63. The number of ether oxygens (including phenoxy) is 1. The Morgan fingerprint density at radius 1 is 1.60 bits per heavy atom. The van der Waals surface area contributed by atoms with Crippen molar-refractivity contribution in [3.8, 4) is 0 Å². The van der Waals surface area contributed by atoms with Gasteiger partial charge < -0.3 is 4.74 Å². The summed E-state index contributed by atoms with van der Waals surface area (Å²) < 4.78 is 5.17. The van der Waals surface area contributed by atoms with Gasteiger partial charge in [-0.05, 0) is 31.5 Å². The van der Waals surface area contributed by atoms with Gasteiger partial charge in [-0.15, -0.1) is 0 Å². The van der Waals surface area contributed by atoms with Gasteiger partial charge in [-0.3, -0.25) is 0 Å². The average molecular weight is 157 g/mol. The highest BCUT2D eigenvalue weighted by molar-refractivity contribution is 7.78. The minimum atomic E-state index is 0.377. The molecule has 2 nitrogen and oxygen atoms in total. The Hall–Kier alpha value is -0.240. The van der Waals surface area contributed by atoms with Gasteiger partial charge in [0, 0.05) is 7.11 Å². The van der Waals surface area contributed by atoms with Crippen molar-refractivity contribution in [3.63, 3.8) is 0 Å². The van der Waals surface area contributed by atoms with E-state index in [2.05, 4.69) is 22.4 Å². The maximum atomic E-state index is 5.17. The summed E-state index contributed by atoms with van der Waals surface area (Å²) in [5.74, 6) is 0. The van der Waals surface area contributed by atoms with Gasteiger partial charge in [0.05, 0.1) is 17.3 Å². The molecule has 0 heterocycles. The largest absolute Gasteiger partial charge is 0.381 e. The highest BCUT2D eigenvalue weighted by Crippen LogP contribution is 2.23. The molecule has 0 aliphatic heterocycles. The van der Waals surface area contributed by atoms with Crippen LogP contribution in [0.2, 0.25) is 0 Å². The molecule has 1 aliphatic rings. The van der Waals surface area contributed by atoms with Crippen LogP contribution in [0.15, 0.2) is 4.99 Å². The number of nitrogens with zero attached hydrogens (tertiary/aromatic N) is 1. The second kappa shape index (κ2) is 3.81. The van der Waals surface area contributed by atoms with Gasteiger partial charge in [0.2, 0.25) is 0 Å². The van der Waals surface area contributed by atoms with Crippen LogP contribution in [-0.4, -0.2) is 24.4 Å². The molecule has 3 heteroatoms. The number of hydrogen-bond donors (Lipinski definition) is 0. The monoisotopic (exact) mass is 157 g/mol. The van der Waals surface area contributed by atoms with Crippen molar-refractivity contribution < 1.29 is 4.74 Å². The standard InChI is InChI=1S/C7H11NOS/c1-9-7-3-2-6(4-7)8-5-10/h6-7H,2-4H2,1H3. The lowest BCUT2D eigenvalue weighted by atomic mass is 10.3.